The predicted octanol–water partition coefficient (Wildman–Crippen LogP) is 6.02. The zero-order chi connectivity index (χ0) is 21.2. The van der Waals surface area contributed by atoms with Crippen LogP contribution in [0.25, 0.3) is 17.3 Å². The number of fused-ring (bicyclic) bond motifs is 1. The number of hydrogen-bond acceptors (Lipinski definition) is 3. The molecule has 4 aromatic rings. The number of allylic oxidation sites excluding steroid dienone is 1. The Hall–Kier alpha value is -3.57. The Balaban J connectivity index is 1.56. The fourth-order valence-corrected chi connectivity index (χ4v) is 4.47. The molecule has 0 bridgehead atoms. The second-order valence-electron chi connectivity index (χ2n) is 7.46. The van der Waals surface area contributed by atoms with Gasteiger partial charge in [-0.05, 0) is 43.3 Å². The molecule has 0 unspecified atom stereocenters. The van der Waals surface area contributed by atoms with Crippen LogP contribution in [0.4, 0.5) is 5.69 Å². The molecule has 152 valence electrons. The lowest BCUT2D eigenvalue weighted by Gasteiger charge is -2.03. The van der Waals surface area contributed by atoms with Crippen LogP contribution in [0, 0.1) is 6.92 Å². The standard InChI is InChI=1S/C26H21N3OS/c1-18-11-13-21(14-12-18)31-17-25-23(15-19-16-27-24-10-6-5-9-22(19)24)26(30)29(28-25)20-7-3-2-4-8-20/h2-16,28H,17H2,1H3/b19-15+. The molecule has 31 heavy (non-hydrogen) atoms. The van der Waals surface area contributed by atoms with Crippen LogP contribution in [-0.4, -0.2) is 16.0 Å². The number of aromatic amines is 1. The number of hydrogen-bond donors (Lipinski definition) is 1. The van der Waals surface area contributed by atoms with E-state index in [1.54, 1.807) is 16.4 Å². The number of nitrogens with zero attached hydrogens (tertiary/aromatic N) is 2. The summed E-state index contributed by atoms with van der Waals surface area (Å²) < 4.78 is 1.62. The first-order valence-corrected chi connectivity index (χ1v) is 11.1. The van der Waals surface area contributed by atoms with Crippen LogP contribution in [0.3, 0.4) is 0 Å². The molecular weight excluding hydrogens is 402 g/mol. The number of para-hydroxylation sites is 2. The molecule has 5 heteroatoms. The van der Waals surface area contributed by atoms with Gasteiger partial charge in [-0.15, -0.1) is 11.8 Å². The molecule has 0 atom stereocenters. The van der Waals surface area contributed by atoms with E-state index in [0.29, 0.717) is 11.3 Å². The average molecular weight is 424 g/mol. The average Bonchev–Trinajstić information content (AvgIpc) is 3.36. The summed E-state index contributed by atoms with van der Waals surface area (Å²) in [4.78, 5) is 19.0. The summed E-state index contributed by atoms with van der Waals surface area (Å²) in [5, 5.41) is 3.34. The molecule has 1 N–H and O–H groups in total. The van der Waals surface area contributed by atoms with Gasteiger partial charge in [-0.3, -0.25) is 14.9 Å². The maximum atomic E-state index is 13.4. The molecule has 0 amide bonds. The van der Waals surface area contributed by atoms with Gasteiger partial charge < -0.3 is 0 Å². The third-order valence-corrected chi connectivity index (χ3v) is 6.32. The fourth-order valence-electron chi connectivity index (χ4n) is 3.61. The van der Waals surface area contributed by atoms with Crippen molar-refractivity contribution in [3.05, 3.63) is 112 Å². The summed E-state index contributed by atoms with van der Waals surface area (Å²) in [5.74, 6) is 0.663. The second-order valence-corrected chi connectivity index (χ2v) is 8.51. The van der Waals surface area contributed by atoms with Gasteiger partial charge in [-0.25, -0.2) is 4.68 Å². The zero-order valence-electron chi connectivity index (χ0n) is 17.1. The van der Waals surface area contributed by atoms with E-state index in [-0.39, 0.29) is 5.56 Å². The molecule has 1 aromatic heterocycles. The van der Waals surface area contributed by atoms with Crippen LogP contribution >= 0.6 is 11.8 Å². The van der Waals surface area contributed by atoms with E-state index < -0.39 is 0 Å². The highest BCUT2D eigenvalue weighted by molar-refractivity contribution is 7.98. The Labute approximate surface area is 185 Å². The van der Waals surface area contributed by atoms with Crippen molar-refractivity contribution in [3.63, 3.8) is 0 Å². The number of aliphatic imine (C=N–C) groups is 1. The van der Waals surface area contributed by atoms with Crippen molar-refractivity contribution >= 4 is 35.3 Å². The van der Waals surface area contributed by atoms with Crippen molar-refractivity contribution in [2.24, 2.45) is 4.99 Å². The minimum absolute atomic E-state index is 0.0593. The van der Waals surface area contributed by atoms with E-state index in [1.165, 1.54) is 10.5 Å². The first-order valence-electron chi connectivity index (χ1n) is 10.1. The van der Waals surface area contributed by atoms with Gasteiger partial charge in [-0.1, -0.05) is 54.1 Å². The molecule has 3 aromatic carbocycles. The van der Waals surface area contributed by atoms with Gasteiger partial charge in [-0.2, -0.15) is 0 Å². The Morgan fingerprint density at radius 1 is 0.968 bits per heavy atom. The molecule has 0 fully saturated rings. The quantitative estimate of drug-likeness (QED) is 0.399. The SMILES string of the molecule is Cc1ccc(SCc2[nH]n(-c3ccccc3)c(=O)c2/C=C2\C=Nc3ccccc32)cc1. The van der Waals surface area contributed by atoms with E-state index in [2.05, 4.69) is 41.3 Å². The predicted molar refractivity (Wildman–Crippen MR) is 130 cm³/mol. The Kier molecular flexibility index (Phi) is 5.18. The van der Waals surface area contributed by atoms with Gasteiger partial charge in [0.25, 0.3) is 5.56 Å². The molecule has 2 heterocycles. The summed E-state index contributed by atoms with van der Waals surface area (Å²) >= 11 is 1.71. The van der Waals surface area contributed by atoms with Gasteiger partial charge in [0.1, 0.15) is 0 Å². The molecule has 0 radical (unpaired) electrons. The first kappa shape index (κ1) is 19.4. The Morgan fingerprint density at radius 2 is 1.71 bits per heavy atom. The highest BCUT2D eigenvalue weighted by Crippen LogP contribution is 2.33. The smallest absolute Gasteiger partial charge is 0.278 e. The normalized spacial score (nSPS) is 13.6. The van der Waals surface area contributed by atoms with E-state index >= 15 is 0 Å². The number of nitrogens with one attached hydrogen (secondary N) is 1. The molecule has 0 saturated carbocycles. The van der Waals surface area contributed by atoms with Crippen LogP contribution in [0.5, 0.6) is 0 Å². The number of rotatable bonds is 5. The minimum atomic E-state index is -0.0593. The largest absolute Gasteiger partial charge is 0.294 e. The maximum Gasteiger partial charge on any atom is 0.278 e. The number of thioether (sulfide) groups is 1. The monoisotopic (exact) mass is 423 g/mol. The molecule has 1 aliphatic rings. The van der Waals surface area contributed by atoms with Crippen molar-refractivity contribution in [1.29, 1.82) is 0 Å². The summed E-state index contributed by atoms with van der Waals surface area (Å²) in [6.45, 7) is 2.08. The Bertz CT molecular complexity index is 1350. The zero-order valence-corrected chi connectivity index (χ0v) is 17.9. The van der Waals surface area contributed by atoms with E-state index in [0.717, 1.165) is 28.2 Å². The molecular formula is C26H21N3OS. The van der Waals surface area contributed by atoms with E-state index in [1.807, 2.05) is 66.9 Å². The third kappa shape index (κ3) is 3.92. The number of H-pyrrole nitrogens is 1. The van der Waals surface area contributed by atoms with Crippen molar-refractivity contribution < 1.29 is 0 Å². The van der Waals surface area contributed by atoms with Crippen molar-refractivity contribution in [2.45, 2.75) is 17.6 Å². The van der Waals surface area contributed by atoms with Gasteiger partial charge >= 0.3 is 0 Å². The van der Waals surface area contributed by atoms with Crippen LogP contribution in [0.15, 0.2) is 93.5 Å². The number of aromatic nitrogens is 2. The number of aryl methyl sites for hydroxylation is 1. The highest BCUT2D eigenvalue weighted by atomic mass is 32.2. The fraction of sp³-hybridized carbons (Fsp3) is 0.0769. The highest BCUT2D eigenvalue weighted by Gasteiger charge is 2.17. The lowest BCUT2D eigenvalue weighted by molar-refractivity contribution is 0.833. The third-order valence-electron chi connectivity index (χ3n) is 5.28. The topological polar surface area (TPSA) is 50.1 Å². The summed E-state index contributed by atoms with van der Waals surface area (Å²) in [7, 11) is 0. The van der Waals surface area contributed by atoms with Crippen molar-refractivity contribution in [3.8, 4) is 5.69 Å². The van der Waals surface area contributed by atoms with Crippen molar-refractivity contribution in [1.82, 2.24) is 9.78 Å². The lowest BCUT2D eigenvalue weighted by Crippen LogP contribution is -2.15. The molecule has 5 rings (SSSR count). The maximum absolute atomic E-state index is 13.4. The van der Waals surface area contributed by atoms with Crippen LogP contribution in [0.2, 0.25) is 0 Å². The minimum Gasteiger partial charge on any atom is -0.294 e. The molecule has 1 aliphatic heterocycles. The van der Waals surface area contributed by atoms with Gasteiger partial charge in [0.15, 0.2) is 0 Å². The summed E-state index contributed by atoms with van der Waals surface area (Å²) in [5.41, 5.74) is 6.49. The van der Waals surface area contributed by atoms with E-state index in [4.69, 9.17) is 0 Å². The van der Waals surface area contributed by atoms with Gasteiger partial charge in [0, 0.05) is 28.0 Å². The van der Waals surface area contributed by atoms with Crippen LogP contribution in [-0.2, 0) is 5.75 Å². The second kappa shape index (κ2) is 8.28. The molecule has 0 saturated heterocycles. The van der Waals surface area contributed by atoms with E-state index in [9.17, 15) is 4.79 Å². The van der Waals surface area contributed by atoms with Crippen molar-refractivity contribution in [2.75, 3.05) is 0 Å². The Morgan fingerprint density at radius 3 is 2.52 bits per heavy atom. The number of benzene rings is 3. The lowest BCUT2D eigenvalue weighted by atomic mass is 10.0. The first-order chi connectivity index (χ1) is 15.2. The van der Waals surface area contributed by atoms with Gasteiger partial charge in [0.05, 0.1) is 22.6 Å². The van der Waals surface area contributed by atoms with Gasteiger partial charge in [0.2, 0.25) is 0 Å². The summed E-state index contributed by atoms with van der Waals surface area (Å²) in [6.07, 6.45) is 3.79. The molecule has 4 nitrogen and oxygen atoms in total. The van der Waals surface area contributed by atoms with Crippen LogP contribution < -0.4 is 5.56 Å². The summed E-state index contributed by atoms with van der Waals surface area (Å²) in [6, 6.07) is 26.1. The molecule has 0 spiro atoms. The molecule has 0 aliphatic carbocycles. The van der Waals surface area contributed by atoms with Crippen LogP contribution in [0.1, 0.15) is 22.4 Å².